The Morgan fingerprint density at radius 2 is 2.14 bits per heavy atom. The Balaban J connectivity index is 1.73. The topological polar surface area (TPSA) is 100 Å². The Kier molecular flexibility index (Phi) is 4.11. The highest BCUT2D eigenvalue weighted by Crippen LogP contribution is 2.23. The van der Waals surface area contributed by atoms with Crippen molar-refractivity contribution in [2.45, 2.75) is 24.9 Å². The molecule has 1 aromatic rings. The van der Waals surface area contributed by atoms with Gasteiger partial charge in [-0.1, -0.05) is 5.21 Å². The molecule has 9 heteroatoms. The summed E-state index contributed by atoms with van der Waals surface area (Å²) in [6.07, 6.45) is 3.54. The number of nitrogens with zero attached hydrogens (tertiary/aromatic N) is 4. The van der Waals surface area contributed by atoms with Crippen LogP contribution in [0.25, 0.3) is 0 Å². The van der Waals surface area contributed by atoms with E-state index in [-0.39, 0.29) is 17.6 Å². The van der Waals surface area contributed by atoms with Crippen LogP contribution in [0.4, 0.5) is 0 Å². The van der Waals surface area contributed by atoms with Crippen molar-refractivity contribution >= 4 is 23.6 Å². The highest BCUT2D eigenvalue weighted by molar-refractivity contribution is 7.99. The van der Waals surface area contributed by atoms with Crippen molar-refractivity contribution in [3.63, 3.8) is 0 Å². The van der Waals surface area contributed by atoms with E-state index in [1.807, 2.05) is 0 Å². The highest BCUT2D eigenvalue weighted by Gasteiger charge is 2.36. The van der Waals surface area contributed by atoms with Crippen LogP contribution in [0.1, 0.15) is 29.4 Å². The van der Waals surface area contributed by atoms with Gasteiger partial charge in [-0.2, -0.15) is 0 Å². The third-order valence-electron chi connectivity index (χ3n) is 3.84. The van der Waals surface area contributed by atoms with Crippen LogP contribution in [-0.4, -0.2) is 67.6 Å². The van der Waals surface area contributed by atoms with E-state index in [2.05, 4.69) is 15.6 Å². The first kappa shape index (κ1) is 14.3. The molecule has 3 rings (SSSR count). The monoisotopic (exact) mass is 311 g/mol. The van der Waals surface area contributed by atoms with Crippen LogP contribution in [0.2, 0.25) is 0 Å². The van der Waals surface area contributed by atoms with Gasteiger partial charge in [0, 0.05) is 5.75 Å². The van der Waals surface area contributed by atoms with Gasteiger partial charge in [0.1, 0.15) is 6.04 Å². The minimum Gasteiger partial charge on any atom is -0.480 e. The molecular formula is C12H17N5O3S. The van der Waals surface area contributed by atoms with E-state index < -0.39 is 12.0 Å². The summed E-state index contributed by atoms with van der Waals surface area (Å²) in [5.41, 5.74) is 0.224. The summed E-state index contributed by atoms with van der Waals surface area (Å²) in [6, 6.07) is -0.518. The average molecular weight is 311 g/mol. The smallest absolute Gasteiger partial charge is 0.327 e. The molecule has 2 fully saturated rings. The minimum atomic E-state index is -0.973. The summed E-state index contributed by atoms with van der Waals surface area (Å²) in [5.74, 6) is -0.522. The number of carboxylic acid groups (broad SMARTS) is 1. The van der Waals surface area contributed by atoms with Gasteiger partial charge in [0.25, 0.3) is 5.91 Å². The zero-order valence-corrected chi connectivity index (χ0v) is 12.3. The van der Waals surface area contributed by atoms with Crippen LogP contribution in [0.5, 0.6) is 0 Å². The third-order valence-corrected chi connectivity index (χ3v) is 4.85. The lowest BCUT2D eigenvalue weighted by atomic mass is 10.1. The Labute approximate surface area is 125 Å². The fourth-order valence-electron chi connectivity index (χ4n) is 2.62. The summed E-state index contributed by atoms with van der Waals surface area (Å²) < 4.78 is 1.73. The molecule has 2 aliphatic rings. The fraction of sp³-hybridized carbons (Fsp3) is 0.667. The van der Waals surface area contributed by atoms with Crippen molar-refractivity contribution in [2.75, 3.05) is 24.7 Å². The van der Waals surface area contributed by atoms with Crippen molar-refractivity contribution < 1.29 is 14.7 Å². The molecule has 21 heavy (non-hydrogen) atoms. The summed E-state index contributed by atoms with van der Waals surface area (Å²) in [5, 5.41) is 20.4. The zero-order valence-electron chi connectivity index (χ0n) is 11.4. The molecule has 2 N–H and O–H groups in total. The number of carbonyl (C=O) groups excluding carboxylic acids is 1. The molecule has 0 radical (unpaired) electrons. The summed E-state index contributed by atoms with van der Waals surface area (Å²) in [6.45, 7) is 1.86. The fourth-order valence-corrected chi connectivity index (χ4v) is 3.76. The van der Waals surface area contributed by atoms with Gasteiger partial charge in [0.05, 0.1) is 18.1 Å². The van der Waals surface area contributed by atoms with Gasteiger partial charge >= 0.3 is 5.97 Å². The molecule has 1 atom stereocenters. The number of nitrogens with one attached hydrogen (secondary N) is 1. The second-order valence-corrected chi connectivity index (χ2v) is 6.19. The van der Waals surface area contributed by atoms with Gasteiger partial charge < -0.3 is 15.3 Å². The average Bonchev–Trinajstić information content (AvgIpc) is 3.17. The van der Waals surface area contributed by atoms with E-state index in [4.69, 9.17) is 5.11 Å². The number of aromatic nitrogens is 3. The summed E-state index contributed by atoms with van der Waals surface area (Å²) in [4.78, 5) is 24.9. The molecule has 2 saturated heterocycles. The van der Waals surface area contributed by atoms with Gasteiger partial charge in [-0.3, -0.25) is 4.79 Å². The first-order valence-corrected chi connectivity index (χ1v) is 8.06. The van der Waals surface area contributed by atoms with Crippen LogP contribution < -0.4 is 5.32 Å². The van der Waals surface area contributed by atoms with E-state index >= 15 is 0 Å². The van der Waals surface area contributed by atoms with Crippen molar-refractivity contribution in [3.8, 4) is 0 Å². The second-order valence-electron chi connectivity index (χ2n) is 5.19. The van der Waals surface area contributed by atoms with Crippen LogP contribution in [-0.2, 0) is 4.79 Å². The molecule has 1 unspecified atom stereocenters. The molecule has 3 heterocycles. The summed E-state index contributed by atoms with van der Waals surface area (Å²) >= 11 is 1.44. The van der Waals surface area contributed by atoms with E-state index in [1.54, 1.807) is 10.9 Å². The highest BCUT2D eigenvalue weighted by atomic mass is 32.2. The Bertz CT molecular complexity index is 543. The maximum Gasteiger partial charge on any atom is 0.327 e. The zero-order chi connectivity index (χ0) is 14.8. The Morgan fingerprint density at radius 3 is 2.86 bits per heavy atom. The number of thioether (sulfide) groups is 1. The van der Waals surface area contributed by atoms with E-state index in [1.165, 1.54) is 16.7 Å². The van der Waals surface area contributed by atoms with Crippen LogP contribution in [0.15, 0.2) is 6.20 Å². The predicted octanol–water partition coefficient (Wildman–Crippen LogP) is -0.198. The Morgan fingerprint density at radius 1 is 1.38 bits per heavy atom. The molecule has 1 aromatic heterocycles. The number of hydrogen-bond acceptors (Lipinski definition) is 6. The predicted molar refractivity (Wildman–Crippen MR) is 76.1 cm³/mol. The maximum atomic E-state index is 12.4. The molecule has 0 aliphatic carbocycles. The lowest BCUT2D eigenvalue weighted by Crippen LogP contribution is -2.41. The van der Waals surface area contributed by atoms with E-state index in [9.17, 15) is 9.59 Å². The van der Waals surface area contributed by atoms with Gasteiger partial charge in [-0.25, -0.2) is 9.48 Å². The van der Waals surface area contributed by atoms with Crippen LogP contribution in [0, 0.1) is 0 Å². The number of carbonyl (C=O) groups is 2. The molecule has 1 amide bonds. The SMILES string of the molecule is O=C(O)C1CSCN1C(=O)c1cn(C2CCNCC2)nn1. The molecule has 0 aromatic carbocycles. The lowest BCUT2D eigenvalue weighted by Gasteiger charge is -2.22. The number of rotatable bonds is 3. The van der Waals surface area contributed by atoms with Crippen molar-refractivity contribution in [1.29, 1.82) is 0 Å². The standard InChI is InChI=1S/C12H17N5O3S/c18-11(16-7-21-6-10(16)12(19)20)9-5-17(15-14-9)8-1-3-13-4-2-8/h5,8,10,13H,1-4,6-7H2,(H,19,20). The quantitative estimate of drug-likeness (QED) is 0.797. The first-order chi connectivity index (χ1) is 10.2. The van der Waals surface area contributed by atoms with Gasteiger partial charge in [0.2, 0.25) is 0 Å². The molecule has 0 bridgehead atoms. The summed E-state index contributed by atoms with van der Waals surface area (Å²) in [7, 11) is 0. The van der Waals surface area contributed by atoms with E-state index in [0.717, 1.165) is 25.9 Å². The maximum absolute atomic E-state index is 12.4. The molecular weight excluding hydrogens is 294 g/mol. The van der Waals surface area contributed by atoms with Gasteiger partial charge in [-0.15, -0.1) is 16.9 Å². The van der Waals surface area contributed by atoms with E-state index in [0.29, 0.717) is 11.6 Å². The molecule has 114 valence electrons. The largest absolute Gasteiger partial charge is 0.480 e. The minimum absolute atomic E-state index is 0.224. The third kappa shape index (κ3) is 2.88. The number of hydrogen-bond donors (Lipinski definition) is 2. The lowest BCUT2D eigenvalue weighted by molar-refractivity contribution is -0.140. The van der Waals surface area contributed by atoms with Gasteiger partial charge in [-0.05, 0) is 25.9 Å². The number of aliphatic carboxylic acids is 1. The van der Waals surface area contributed by atoms with Gasteiger partial charge in [0.15, 0.2) is 5.69 Å². The normalized spacial score (nSPS) is 23.4. The van der Waals surface area contributed by atoms with Crippen molar-refractivity contribution in [3.05, 3.63) is 11.9 Å². The molecule has 8 nitrogen and oxygen atoms in total. The number of amides is 1. The molecule has 0 spiro atoms. The Hall–Kier alpha value is -1.61. The van der Waals surface area contributed by atoms with Crippen molar-refractivity contribution in [2.24, 2.45) is 0 Å². The van der Waals surface area contributed by atoms with Crippen LogP contribution in [0.3, 0.4) is 0 Å². The number of piperidine rings is 1. The first-order valence-electron chi connectivity index (χ1n) is 6.91. The molecule has 0 saturated carbocycles. The number of carboxylic acids is 1. The molecule has 2 aliphatic heterocycles. The van der Waals surface area contributed by atoms with Crippen molar-refractivity contribution in [1.82, 2.24) is 25.2 Å². The second kappa shape index (κ2) is 6.02. The van der Waals surface area contributed by atoms with Crippen LogP contribution >= 0.6 is 11.8 Å².